The highest BCUT2D eigenvalue weighted by Gasteiger charge is 2.10. The minimum Gasteiger partial charge on any atom is -0.436 e. The van der Waals surface area contributed by atoms with Crippen LogP contribution in [0.2, 0.25) is 0 Å². The topological polar surface area (TPSA) is 26.0 Å². The molecule has 0 aliphatic carbocycles. The SMILES string of the molecule is Cc1cc(C)c2nc(-c3ccc(Br)cc3)oc2c1. The lowest BCUT2D eigenvalue weighted by atomic mass is 10.1. The number of rotatable bonds is 1. The highest BCUT2D eigenvalue weighted by atomic mass is 79.9. The molecule has 0 spiro atoms. The van der Waals surface area contributed by atoms with Crippen LogP contribution in [0, 0.1) is 13.8 Å². The standard InChI is InChI=1S/C15H12BrNO/c1-9-7-10(2)14-13(8-9)18-15(17-14)11-3-5-12(16)6-4-11/h3-8H,1-2H3. The summed E-state index contributed by atoms with van der Waals surface area (Å²) in [5, 5.41) is 0. The van der Waals surface area contributed by atoms with Gasteiger partial charge in [0.1, 0.15) is 5.52 Å². The van der Waals surface area contributed by atoms with Crippen LogP contribution < -0.4 is 0 Å². The van der Waals surface area contributed by atoms with Crippen LogP contribution in [0.25, 0.3) is 22.6 Å². The molecule has 90 valence electrons. The zero-order chi connectivity index (χ0) is 12.7. The Bertz CT molecular complexity index is 713. The third-order valence-corrected chi connectivity index (χ3v) is 3.45. The fraction of sp³-hybridized carbons (Fsp3) is 0.133. The molecule has 0 fully saturated rings. The van der Waals surface area contributed by atoms with Gasteiger partial charge >= 0.3 is 0 Å². The molecule has 1 aromatic heterocycles. The van der Waals surface area contributed by atoms with Crippen molar-refractivity contribution in [2.24, 2.45) is 0 Å². The van der Waals surface area contributed by atoms with E-state index in [1.165, 1.54) is 5.56 Å². The fourth-order valence-corrected chi connectivity index (χ4v) is 2.35. The molecule has 2 nitrogen and oxygen atoms in total. The number of aryl methyl sites for hydroxylation is 2. The summed E-state index contributed by atoms with van der Waals surface area (Å²) in [6.07, 6.45) is 0. The molecule has 2 aromatic carbocycles. The molecule has 0 bridgehead atoms. The smallest absolute Gasteiger partial charge is 0.227 e. The second-order valence-electron chi connectivity index (χ2n) is 4.45. The molecule has 3 aromatic rings. The minimum absolute atomic E-state index is 0.672. The fourth-order valence-electron chi connectivity index (χ4n) is 2.09. The minimum atomic E-state index is 0.672. The predicted octanol–water partition coefficient (Wildman–Crippen LogP) is 4.87. The van der Waals surface area contributed by atoms with E-state index in [2.05, 4.69) is 40.8 Å². The van der Waals surface area contributed by atoms with E-state index in [0.717, 1.165) is 26.7 Å². The molecule has 0 saturated heterocycles. The van der Waals surface area contributed by atoms with E-state index >= 15 is 0 Å². The lowest BCUT2D eigenvalue weighted by molar-refractivity contribution is 0.619. The lowest BCUT2D eigenvalue weighted by Gasteiger charge is -1.94. The number of aromatic nitrogens is 1. The second-order valence-corrected chi connectivity index (χ2v) is 5.37. The maximum atomic E-state index is 5.83. The van der Waals surface area contributed by atoms with Crippen LogP contribution in [0.4, 0.5) is 0 Å². The molecule has 0 amide bonds. The van der Waals surface area contributed by atoms with Crippen molar-refractivity contribution < 1.29 is 4.42 Å². The maximum absolute atomic E-state index is 5.83. The van der Waals surface area contributed by atoms with Gasteiger partial charge in [-0.3, -0.25) is 0 Å². The van der Waals surface area contributed by atoms with Crippen molar-refractivity contribution in [2.45, 2.75) is 13.8 Å². The maximum Gasteiger partial charge on any atom is 0.227 e. The van der Waals surface area contributed by atoms with Gasteiger partial charge in [0.15, 0.2) is 5.58 Å². The molecule has 0 aliphatic rings. The lowest BCUT2D eigenvalue weighted by Crippen LogP contribution is -1.79. The van der Waals surface area contributed by atoms with Gasteiger partial charge in [0.05, 0.1) is 0 Å². The van der Waals surface area contributed by atoms with Crippen molar-refractivity contribution in [3.05, 3.63) is 52.0 Å². The van der Waals surface area contributed by atoms with Gasteiger partial charge in [0.25, 0.3) is 0 Å². The third-order valence-electron chi connectivity index (χ3n) is 2.92. The zero-order valence-corrected chi connectivity index (χ0v) is 11.8. The number of nitrogens with zero attached hydrogens (tertiary/aromatic N) is 1. The number of hydrogen-bond donors (Lipinski definition) is 0. The van der Waals surface area contributed by atoms with Crippen LogP contribution in [0.15, 0.2) is 45.3 Å². The molecule has 0 aliphatic heterocycles. The Kier molecular flexibility index (Phi) is 2.71. The van der Waals surface area contributed by atoms with Crippen molar-refractivity contribution >= 4 is 27.0 Å². The average molecular weight is 302 g/mol. The van der Waals surface area contributed by atoms with Gasteiger partial charge in [0, 0.05) is 10.0 Å². The summed E-state index contributed by atoms with van der Waals surface area (Å²) < 4.78 is 6.88. The quantitative estimate of drug-likeness (QED) is 0.640. The van der Waals surface area contributed by atoms with Crippen molar-refractivity contribution in [1.82, 2.24) is 4.98 Å². The van der Waals surface area contributed by atoms with E-state index in [1.807, 2.05) is 30.3 Å². The van der Waals surface area contributed by atoms with Gasteiger partial charge in [-0.1, -0.05) is 22.0 Å². The van der Waals surface area contributed by atoms with Gasteiger partial charge in [-0.2, -0.15) is 0 Å². The molecule has 3 heteroatoms. The molecule has 0 N–H and O–H groups in total. The van der Waals surface area contributed by atoms with Crippen LogP contribution in [0.1, 0.15) is 11.1 Å². The predicted molar refractivity (Wildman–Crippen MR) is 76.6 cm³/mol. The van der Waals surface area contributed by atoms with E-state index in [0.29, 0.717) is 5.89 Å². The molecule has 3 rings (SSSR count). The number of hydrogen-bond acceptors (Lipinski definition) is 2. The molecular weight excluding hydrogens is 290 g/mol. The van der Waals surface area contributed by atoms with Crippen LogP contribution >= 0.6 is 15.9 Å². The number of benzene rings is 2. The highest BCUT2D eigenvalue weighted by molar-refractivity contribution is 9.10. The summed E-state index contributed by atoms with van der Waals surface area (Å²) in [4.78, 5) is 4.57. The largest absolute Gasteiger partial charge is 0.436 e. The van der Waals surface area contributed by atoms with E-state index in [9.17, 15) is 0 Å². The first-order valence-corrected chi connectivity index (χ1v) is 6.56. The molecule has 0 unspecified atom stereocenters. The number of halogens is 1. The Morgan fingerprint density at radius 1 is 1.06 bits per heavy atom. The van der Waals surface area contributed by atoms with Crippen LogP contribution in [0.5, 0.6) is 0 Å². The first-order chi connectivity index (χ1) is 8.63. The van der Waals surface area contributed by atoms with E-state index in [4.69, 9.17) is 4.42 Å². The Hall–Kier alpha value is -1.61. The van der Waals surface area contributed by atoms with E-state index in [1.54, 1.807) is 0 Å². The van der Waals surface area contributed by atoms with Crippen molar-refractivity contribution in [2.75, 3.05) is 0 Å². The van der Waals surface area contributed by atoms with Crippen LogP contribution in [-0.4, -0.2) is 4.98 Å². The second kappa shape index (κ2) is 4.25. The Labute approximate surface area is 114 Å². The van der Waals surface area contributed by atoms with Crippen molar-refractivity contribution in [3.8, 4) is 11.5 Å². The van der Waals surface area contributed by atoms with Gasteiger partial charge in [-0.15, -0.1) is 0 Å². The van der Waals surface area contributed by atoms with Gasteiger partial charge in [-0.25, -0.2) is 4.98 Å². The van der Waals surface area contributed by atoms with Gasteiger partial charge in [0.2, 0.25) is 5.89 Å². The van der Waals surface area contributed by atoms with Gasteiger partial charge in [-0.05, 0) is 55.3 Å². The summed E-state index contributed by atoms with van der Waals surface area (Å²) in [5.74, 6) is 0.672. The highest BCUT2D eigenvalue weighted by Crippen LogP contribution is 2.27. The molecule has 0 saturated carbocycles. The van der Waals surface area contributed by atoms with Gasteiger partial charge < -0.3 is 4.42 Å². The van der Waals surface area contributed by atoms with Crippen LogP contribution in [0.3, 0.4) is 0 Å². The first-order valence-electron chi connectivity index (χ1n) is 5.77. The van der Waals surface area contributed by atoms with E-state index in [-0.39, 0.29) is 0 Å². The summed E-state index contributed by atoms with van der Waals surface area (Å²) in [6, 6.07) is 12.1. The summed E-state index contributed by atoms with van der Waals surface area (Å²) in [6.45, 7) is 4.12. The summed E-state index contributed by atoms with van der Waals surface area (Å²) in [5.41, 5.74) is 5.13. The Morgan fingerprint density at radius 3 is 2.50 bits per heavy atom. The third kappa shape index (κ3) is 1.95. The average Bonchev–Trinajstić information content (AvgIpc) is 2.74. The zero-order valence-electron chi connectivity index (χ0n) is 10.2. The van der Waals surface area contributed by atoms with Crippen molar-refractivity contribution in [1.29, 1.82) is 0 Å². The number of fused-ring (bicyclic) bond motifs is 1. The summed E-state index contributed by atoms with van der Waals surface area (Å²) in [7, 11) is 0. The molecule has 1 heterocycles. The first kappa shape index (κ1) is 11.5. The molecule has 18 heavy (non-hydrogen) atoms. The molecule has 0 atom stereocenters. The van der Waals surface area contributed by atoms with E-state index < -0.39 is 0 Å². The van der Waals surface area contributed by atoms with Crippen LogP contribution in [-0.2, 0) is 0 Å². The number of oxazole rings is 1. The molecular formula is C15H12BrNO. The Morgan fingerprint density at radius 2 is 1.78 bits per heavy atom. The normalized spacial score (nSPS) is 11.1. The molecule has 0 radical (unpaired) electrons. The Balaban J connectivity index is 2.19. The summed E-state index contributed by atoms with van der Waals surface area (Å²) >= 11 is 3.42. The monoisotopic (exact) mass is 301 g/mol. The van der Waals surface area contributed by atoms with Crippen molar-refractivity contribution in [3.63, 3.8) is 0 Å².